The van der Waals surface area contributed by atoms with Crippen LogP contribution in [-0.4, -0.2) is 44.8 Å². The summed E-state index contributed by atoms with van der Waals surface area (Å²) in [7, 11) is 0. The molecular formula is C26H21Cl2N3O4S. The molecule has 3 aromatic rings. The number of rotatable bonds is 7. The van der Waals surface area contributed by atoms with Crippen molar-refractivity contribution in [2.75, 3.05) is 11.9 Å². The fourth-order valence-electron chi connectivity index (χ4n) is 3.56. The lowest BCUT2D eigenvalue weighted by Gasteiger charge is -2.32. The van der Waals surface area contributed by atoms with Gasteiger partial charge >= 0.3 is 5.97 Å². The first kappa shape index (κ1) is 25.8. The molecule has 1 aliphatic rings. The first-order chi connectivity index (χ1) is 17.3. The smallest absolute Gasteiger partial charge is 0.335 e. The number of hydrogen-bond acceptors (Lipinski definition) is 5. The van der Waals surface area contributed by atoms with Crippen LogP contribution in [0.2, 0.25) is 10.0 Å². The Morgan fingerprint density at radius 2 is 1.78 bits per heavy atom. The molecule has 1 atom stereocenters. The molecule has 1 fully saturated rings. The van der Waals surface area contributed by atoms with Crippen LogP contribution in [0.3, 0.4) is 0 Å². The molecule has 2 amide bonds. The van der Waals surface area contributed by atoms with Gasteiger partial charge in [0.25, 0.3) is 0 Å². The summed E-state index contributed by atoms with van der Waals surface area (Å²) in [5.74, 6) is -1.74. The van der Waals surface area contributed by atoms with Crippen LogP contribution in [-0.2, 0) is 16.0 Å². The number of nitrogens with one attached hydrogen (secondary N) is 1. The van der Waals surface area contributed by atoms with Gasteiger partial charge in [-0.3, -0.25) is 14.5 Å². The first-order valence-electron chi connectivity index (χ1n) is 11.0. The molecule has 1 unspecified atom stereocenters. The third-order valence-corrected chi connectivity index (χ3v) is 7.05. The van der Waals surface area contributed by atoms with Gasteiger partial charge in [-0.25, -0.2) is 9.79 Å². The summed E-state index contributed by atoms with van der Waals surface area (Å²) in [5, 5.41) is 12.7. The molecule has 1 saturated heterocycles. The van der Waals surface area contributed by atoms with E-state index in [1.807, 2.05) is 12.1 Å². The Bertz CT molecular complexity index is 1330. The Morgan fingerprint density at radius 3 is 2.50 bits per heavy atom. The number of carbonyl (C=O) groups excluding carboxylic acids is 2. The second-order valence-electron chi connectivity index (χ2n) is 7.98. The molecule has 2 N–H and O–H groups in total. The van der Waals surface area contributed by atoms with E-state index in [2.05, 4.69) is 10.3 Å². The second kappa shape index (κ2) is 11.6. The van der Waals surface area contributed by atoms with E-state index in [4.69, 9.17) is 23.2 Å². The van der Waals surface area contributed by atoms with Crippen molar-refractivity contribution in [2.45, 2.75) is 18.1 Å². The lowest BCUT2D eigenvalue weighted by molar-refractivity contribution is -0.129. The summed E-state index contributed by atoms with van der Waals surface area (Å²) >= 11 is 13.3. The number of hydrogen-bond donors (Lipinski definition) is 2. The normalized spacial score (nSPS) is 16.7. The number of nitrogens with zero attached hydrogens (tertiary/aromatic N) is 2. The first-order valence-corrected chi connectivity index (χ1v) is 12.6. The number of halogens is 2. The van der Waals surface area contributed by atoms with Crippen molar-refractivity contribution in [3.8, 4) is 0 Å². The highest BCUT2D eigenvalue weighted by Crippen LogP contribution is 2.31. The largest absolute Gasteiger partial charge is 0.478 e. The molecule has 0 aromatic heterocycles. The van der Waals surface area contributed by atoms with Crippen LogP contribution in [0.5, 0.6) is 0 Å². The molecular weight excluding hydrogens is 521 g/mol. The Kier molecular flexibility index (Phi) is 8.30. The Labute approximate surface area is 222 Å². The van der Waals surface area contributed by atoms with Gasteiger partial charge in [0, 0.05) is 28.7 Å². The summed E-state index contributed by atoms with van der Waals surface area (Å²) in [4.78, 5) is 43.7. The molecule has 0 aliphatic carbocycles. The van der Waals surface area contributed by atoms with Gasteiger partial charge in [-0.1, -0.05) is 59.2 Å². The Morgan fingerprint density at radius 1 is 1.03 bits per heavy atom. The summed E-state index contributed by atoms with van der Waals surface area (Å²) in [6, 6.07) is 20.3. The van der Waals surface area contributed by atoms with E-state index in [-0.39, 0.29) is 17.9 Å². The number of amides is 2. The summed E-state index contributed by atoms with van der Waals surface area (Å²) in [6.07, 6.45) is 0.557. The number of benzene rings is 3. The van der Waals surface area contributed by atoms with Crippen molar-refractivity contribution >= 4 is 69.3 Å². The summed E-state index contributed by atoms with van der Waals surface area (Å²) < 4.78 is 0. The van der Waals surface area contributed by atoms with Gasteiger partial charge in [0.05, 0.1) is 11.3 Å². The number of thioether (sulfide) groups is 1. The van der Waals surface area contributed by atoms with E-state index in [1.165, 1.54) is 23.9 Å². The minimum absolute atomic E-state index is 0.0235. The fourth-order valence-corrected chi connectivity index (χ4v) is 5.00. The van der Waals surface area contributed by atoms with Crippen LogP contribution in [0.15, 0.2) is 77.8 Å². The van der Waals surface area contributed by atoms with Crippen molar-refractivity contribution in [1.29, 1.82) is 0 Å². The maximum Gasteiger partial charge on any atom is 0.335 e. The standard InChI is InChI=1S/C26H21Cl2N3O4S/c27-18-9-7-16(8-10-18)11-12-31-23(32)15-22(36-26(31)30-21-6-2-4-19(28)14-21)24(33)29-20-5-1-3-17(13-20)25(34)35/h1-10,13-14,22H,11-12,15H2,(H,29,33)(H,34,35). The van der Waals surface area contributed by atoms with Gasteiger partial charge in [-0.15, -0.1) is 0 Å². The number of carbonyl (C=O) groups is 3. The van der Waals surface area contributed by atoms with Gasteiger partial charge in [-0.05, 0) is 60.5 Å². The molecule has 10 heteroatoms. The number of carboxylic acids is 1. The van der Waals surface area contributed by atoms with Gasteiger partial charge in [-0.2, -0.15) is 0 Å². The molecule has 0 saturated carbocycles. The monoisotopic (exact) mass is 541 g/mol. The lowest BCUT2D eigenvalue weighted by Crippen LogP contribution is -2.46. The number of aromatic carboxylic acids is 1. The predicted molar refractivity (Wildman–Crippen MR) is 143 cm³/mol. The SMILES string of the molecule is O=C(O)c1cccc(NC(=O)C2CC(=O)N(CCc3ccc(Cl)cc3)C(=Nc3cccc(Cl)c3)S2)c1. The minimum atomic E-state index is -1.10. The van der Waals surface area contributed by atoms with E-state index in [1.54, 1.807) is 53.4 Å². The van der Waals surface area contributed by atoms with Crippen molar-refractivity contribution < 1.29 is 19.5 Å². The van der Waals surface area contributed by atoms with Crippen LogP contribution < -0.4 is 5.32 Å². The van der Waals surface area contributed by atoms with Crippen LogP contribution in [0.25, 0.3) is 0 Å². The third kappa shape index (κ3) is 6.66. The van der Waals surface area contributed by atoms with Crippen LogP contribution in [0, 0.1) is 0 Å². The third-order valence-electron chi connectivity index (χ3n) is 5.38. The highest BCUT2D eigenvalue weighted by atomic mass is 35.5. The summed E-state index contributed by atoms with van der Waals surface area (Å²) in [5.41, 5.74) is 1.96. The van der Waals surface area contributed by atoms with E-state index in [0.29, 0.717) is 39.6 Å². The zero-order chi connectivity index (χ0) is 25.7. The molecule has 0 bridgehead atoms. The van der Waals surface area contributed by atoms with Gasteiger partial charge in [0.2, 0.25) is 11.8 Å². The topological polar surface area (TPSA) is 99.1 Å². The number of anilines is 1. The van der Waals surface area contributed by atoms with Gasteiger partial charge < -0.3 is 10.4 Å². The van der Waals surface area contributed by atoms with E-state index >= 15 is 0 Å². The van der Waals surface area contributed by atoms with Crippen LogP contribution in [0.1, 0.15) is 22.3 Å². The maximum atomic E-state index is 13.2. The maximum absolute atomic E-state index is 13.2. The molecule has 4 rings (SSSR count). The van der Waals surface area contributed by atoms with Gasteiger partial charge in [0.15, 0.2) is 5.17 Å². The quantitative estimate of drug-likeness (QED) is 0.388. The van der Waals surface area contributed by atoms with Crippen molar-refractivity contribution in [1.82, 2.24) is 4.90 Å². The van der Waals surface area contributed by atoms with Crippen molar-refractivity contribution in [3.63, 3.8) is 0 Å². The number of aliphatic imine (C=N–C) groups is 1. The lowest BCUT2D eigenvalue weighted by atomic mass is 10.1. The van der Waals surface area contributed by atoms with E-state index in [9.17, 15) is 19.5 Å². The average Bonchev–Trinajstić information content (AvgIpc) is 2.84. The second-order valence-corrected chi connectivity index (χ2v) is 10.0. The molecule has 7 nitrogen and oxygen atoms in total. The summed E-state index contributed by atoms with van der Waals surface area (Å²) in [6.45, 7) is 0.377. The van der Waals surface area contributed by atoms with Crippen molar-refractivity contribution in [2.24, 2.45) is 4.99 Å². The molecule has 0 spiro atoms. The van der Waals surface area contributed by atoms with E-state index in [0.717, 1.165) is 5.56 Å². The molecule has 1 aliphatic heterocycles. The molecule has 3 aromatic carbocycles. The molecule has 184 valence electrons. The highest BCUT2D eigenvalue weighted by molar-refractivity contribution is 8.15. The average molecular weight is 542 g/mol. The number of carboxylic acid groups (broad SMARTS) is 1. The van der Waals surface area contributed by atoms with Gasteiger partial charge in [0.1, 0.15) is 5.25 Å². The van der Waals surface area contributed by atoms with Crippen LogP contribution in [0.4, 0.5) is 11.4 Å². The van der Waals surface area contributed by atoms with Crippen LogP contribution >= 0.6 is 35.0 Å². The number of amidine groups is 1. The fraction of sp³-hybridized carbons (Fsp3) is 0.154. The Hall–Kier alpha value is -3.33. The highest BCUT2D eigenvalue weighted by Gasteiger charge is 2.35. The molecule has 1 heterocycles. The predicted octanol–water partition coefficient (Wildman–Crippen LogP) is 5.89. The minimum Gasteiger partial charge on any atom is -0.478 e. The Balaban J connectivity index is 1.55. The van der Waals surface area contributed by atoms with Crippen molar-refractivity contribution in [3.05, 3.63) is 94.0 Å². The zero-order valence-corrected chi connectivity index (χ0v) is 21.2. The van der Waals surface area contributed by atoms with E-state index < -0.39 is 17.1 Å². The molecule has 36 heavy (non-hydrogen) atoms. The molecule has 0 radical (unpaired) electrons. The zero-order valence-electron chi connectivity index (χ0n) is 18.9.